The van der Waals surface area contributed by atoms with Crippen LogP contribution in [0.4, 0.5) is 0 Å². The highest BCUT2D eigenvalue weighted by molar-refractivity contribution is 5.71. The number of rotatable bonds is 66. The van der Waals surface area contributed by atoms with Crippen LogP contribution < -0.4 is 0 Å². The van der Waals surface area contributed by atoms with E-state index < -0.39 is 6.10 Å². The molecule has 0 N–H and O–H groups in total. The Kier molecular flexibility index (Phi) is 66.6. The van der Waals surface area contributed by atoms with Crippen molar-refractivity contribution in [3.8, 4) is 0 Å². The largest absolute Gasteiger partial charge is 0.462 e. The molecule has 6 heteroatoms. The van der Waals surface area contributed by atoms with E-state index in [1.807, 2.05) is 0 Å². The molecule has 0 fully saturated rings. The molecular weight excluding hydrogens is 985 g/mol. The fourth-order valence-corrected chi connectivity index (χ4v) is 10.8. The summed E-state index contributed by atoms with van der Waals surface area (Å²) in [6.07, 6.45) is 87.2. The van der Waals surface area contributed by atoms with Crippen LogP contribution in [0.15, 0.2) is 48.6 Å². The fraction of sp³-hybridized carbons (Fsp3) is 0.851. The van der Waals surface area contributed by atoms with Crippen molar-refractivity contribution in [2.75, 3.05) is 13.2 Å². The molecule has 0 heterocycles. The second-order valence-corrected chi connectivity index (χ2v) is 24.1. The van der Waals surface area contributed by atoms with E-state index in [2.05, 4.69) is 69.4 Å². The third kappa shape index (κ3) is 66.2. The number of allylic oxidation sites excluding steroid dienone is 8. The molecule has 0 saturated heterocycles. The van der Waals surface area contributed by atoms with Crippen molar-refractivity contribution in [2.45, 2.75) is 393 Å². The van der Waals surface area contributed by atoms with E-state index >= 15 is 0 Å². The summed E-state index contributed by atoms with van der Waals surface area (Å²) >= 11 is 0. The van der Waals surface area contributed by atoms with Crippen molar-refractivity contribution >= 4 is 17.9 Å². The van der Waals surface area contributed by atoms with Gasteiger partial charge in [-0.2, -0.15) is 0 Å². The average Bonchev–Trinajstić information content (AvgIpc) is 3.46. The second kappa shape index (κ2) is 68.9. The Balaban J connectivity index is 4.16. The Hall–Kier alpha value is -2.63. The van der Waals surface area contributed by atoms with Gasteiger partial charge in [-0.05, 0) is 77.0 Å². The van der Waals surface area contributed by atoms with Gasteiger partial charge in [0.15, 0.2) is 6.10 Å². The Morgan fingerprint density at radius 3 is 0.775 bits per heavy atom. The van der Waals surface area contributed by atoms with Gasteiger partial charge in [-0.3, -0.25) is 14.4 Å². The van der Waals surface area contributed by atoms with Gasteiger partial charge < -0.3 is 14.2 Å². The molecule has 0 aliphatic rings. The molecule has 0 radical (unpaired) electrons. The molecule has 0 saturated carbocycles. The third-order valence-corrected chi connectivity index (χ3v) is 16.1. The van der Waals surface area contributed by atoms with E-state index in [9.17, 15) is 14.4 Å². The Morgan fingerprint density at radius 1 is 0.263 bits per heavy atom. The van der Waals surface area contributed by atoms with E-state index in [0.717, 1.165) is 83.5 Å². The minimum absolute atomic E-state index is 0.0721. The van der Waals surface area contributed by atoms with Crippen LogP contribution in [0.1, 0.15) is 387 Å². The molecule has 6 nitrogen and oxygen atoms in total. The summed E-state index contributed by atoms with van der Waals surface area (Å²) in [4.78, 5) is 38.4. The highest BCUT2D eigenvalue weighted by Crippen LogP contribution is 2.18. The average molecular weight is 1120 g/mol. The van der Waals surface area contributed by atoms with E-state index in [-0.39, 0.29) is 31.1 Å². The molecule has 0 aliphatic heterocycles. The molecule has 0 spiro atoms. The first-order valence-electron chi connectivity index (χ1n) is 35.6. The van der Waals surface area contributed by atoms with Gasteiger partial charge in [0.25, 0.3) is 0 Å². The number of hydrogen-bond acceptors (Lipinski definition) is 6. The molecule has 0 bridgehead atoms. The zero-order valence-corrected chi connectivity index (χ0v) is 53.9. The Morgan fingerprint density at radius 2 is 0.487 bits per heavy atom. The molecule has 1 unspecified atom stereocenters. The molecule has 0 aromatic heterocycles. The zero-order valence-electron chi connectivity index (χ0n) is 53.9. The smallest absolute Gasteiger partial charge is 0.306 e. The summed E-state index contributed by atoms with van der Waals surface area (Å²) in [7, 11) is 0. The molecule has 0 rings (SSSR count). The van der Waals surface area contributed by atoms with Gasteiger partial charge in [0.05, 0.1) is 0 Å². The quantitative estimate of drug-likeness (QED) is 0.0261. The first kappa shape index (κ1) is 77.4. The SMILES string of the molecule is CC/C=C\C/C=C\C/C=C\CCCCCCCCCC(=O)OC(COC(=O)CCCCCCCCCCCCCCCC)COC(=O)CCCCCCCCCCCCCCCCCCCCC/C=C\CCCCCCCCCC. The van der Waals surface area contributed by atoms with Crippen molar-refractivity contribution in [3.63, 3.8) is 0 Å². The van der Waals surface area contributed by atoms with E-state index in [1.54, 1.807) is 0 Å². The standard InChI is InChI=1S/C74H136O6/c1-4-7-10-13-16-19-22-25-28-30-31-32-33-34-35-36-37-38-39-40-41-42-43-45-46-49-52-55-58-61-64-67-73(76)79-70-71(69-78-72(75)66-63-60-57-54-51-48-27-24-21-18-15-12-9-6-3)80-74(77)68-65-62-59-56-53-50-47-44-29-26-23-20-17-14-11-8-5-2/h8,11,17,20,26,29-31,71H,4-7,9-10,12-16,18-19,21-25,27-28,32-70H2,1-3H3/b11-8-,20-17-,29-26-,31-30-. The lowest BCUT2D eigenvalue weighted by atomic mass is 10.0. The zero-order chi connectivity index (χ0) is 57.8. The van der Waals surface area contributed by atoms with Gasteiger partial charge in [0, 0.05) is 19.3 Å². The monoisotopic (exact) mass is 1120 g/mol. The van der Waals surface area contributed by atoms with Crippen molar-refractivity contribution in [3.05, 3.63) is 48.6 Å². The molecule has 0 aromatic rings. The van der Waals surface area contributed by atoms with Crippen molar-refractivity contribution in [1.29, 1.82) is 0 Å². The minimum Gasteiger partial charge on any atom is -0.462 e. The van der Waals surface area contributed by atoms with Crippen molar-refractivity contribution in [1.82, 2.24) is 0 Å². The number of ether oxygens (including phenoxy) is 3. The molecule has 1 atom stereocenters. The van der Waals surface area contributed by atoms with Crippen molar-refractivity contribution in [2.24, 2.45) is 0 Å². The maximum Gasteiger partial charge on any atom is 0.306 e. The van der Waals surface area contributed by atoms with E-state index in [0.29, 0.717) is 19.3 Å². The minimum atomic E-state index is -0.776. The molecule has 0 amide bonds. The van der Waals surface area contributed by atoms with Gasteiger partial charge in [-0.15, -0.1) is 0 Å². The number of unbranched alkanes of at least 4 members (excludes halogenated alkanes) is 47. The van der Waals surface area contributed by atoms with Gasteiger partial charge >= 0.3 is 17.9 Å². The lowest BCUT2D eigenvalue weighted by molar-refractivity contribution is -0.167. The van der Waals surface area contributed by atoms with Crippen LogP contribution in [0.25, 0.3) is 0 Å². The highest BCUT2D eigenvalue weighted by atomic mass is 16.6. The number of hydrogen-bond donors (Lipinski definition) is 0. The van der Waals surface area contributed by atoms with E-state index in [1.165, 1.54) is 263 Å². The lowest BCUT2D eigenvalue weighted by Gasteiger charge is -2.18. The second-order valence-electron chi connectivity index (χ2n) is 24.1. The number of carbonyl (C=O) groups excluding carboxylic acids is 3. The Bertz CT molecular complexity index is 1380. The molecule has 80 heavy (non-hydrogen) atoms. The number of esters is 3. The van der Waals surface area contributed by atoms with Gasteiger partial charge in [0.1, 0.15) is 13.2 Å². The predicted molar refractivity (Wildman–Crippen MR) is 349 cm³/mol. The normalized spacial score (nSPS) is 12.3. The van der Waals surface area contributed by atoms with Gasteiger partial charge in [0.2, 0.25) is 0 Å². The van der Waals surface area contributed by atoms with Crippen LogP contribution in [0.3, 0.4) is 0 Å². The topological polar surface area (TPSA) is 78.9 Å². The summed E-state index contributed by atoms with van der Waals surface area (Å²) in [5.74, 6) is -0.856. The van der Waals surface area contributed by atoms with Gasteiger partial charge in [-0.25, -0.2) is 0 Å². The van der Waals surface area contributed by atoms with Crippen LogP contribution >= 0.6 is 0 Å². The van der Waals surface area contributed by atoms with Crippen LogP contribution in [0.5, 0.6) is 0 Å². The molecule has 0 aromatic carbocycles. The Labute approximate surface area is 498 Å². The maximum absolute atomic E-state index is 12.9. The summed E-state index contributed by atoms with van der Waals surface area (Å²) in [5, 5.41) is 0. The van der Waals surface area contributed by atoms with E-state index in [4.69, 9.17) is 14.2 Å². The molecule has 468 valence electrons. The van der Waals surface area contributed by atoms with Crippen LogP contribution in [-0.4, -0.2) is 37.2 Å². The first-order chi connectivity index (χ1) is 39.5. The maximum atomic E-state index is 12.9. The van der Waals surface area contributed by atoms with Crippen LogP contribution in [-0.2, 0) is 28.6 Å². The molecular formula is C74H136O6. The predicted octanol–water partition coefficient (Wildman–Crippen LogP) is 24.5. The summed E-state index contributed by atoms with van der Waals surface area (Å²) in [5.41, 5.74) is 0. The number of carbonyl (C=O) groups is 3. The lowest BCUT2D eigenvalue weighted by Crippen LogP contribution is -2.30. The molecule has 0 aliphatic carbocycles. The van der Waals surface area contributed by atoms with Gasteiger partial charge in [-0.1, -0.05) is 339 Å². The van der Waals surface area contributed by atoms with Crippen LogP contribution in [0, 0.1) is 0 Å². The summed E-state index contributed by atoms with van der Waals surface area (Å²) in [6, 6.07) is 0. The first-order valence-corrected chi connectivity index (χ1v) is 35.6. The van der Waals surface area contributed by atoms with Crippen molar-refractivity contribution < 1.29 is 28.6 Å². The summed E-state index contributed by atoms with van der Waals surface area (Å²) in [6.45, 7) is 6.59. The summed E-state index contributed by atoms with van der Waals surface area (Å²) < 4.78 is 17.0. The third-order valence-electron chi connectivity index (χ3n) is 16.1. The highest BCUT2D eigenvalue weighted by Gasteiger charge is 2.19. The van der Waals surface area contributed by atoms with Crippen LogP contribution in [0.2, 0.25) is 0 Å². The fourth-order valence-electron chi connectivity index (χ4n) is 10.8.